The third kappa shape index (κ3) is 1.77. The average Bonchev–Trinajstić information content (AvgIpc) is 2.00. The van der Waals surface area contributed by atoms with Gasteiger partial charge < -0.3 is 10.2 Å². The van der Waals surface area contributed by atoms with Crippen molar-refractivity contribution in [3.05, 3.63) is 28.8 Å². The minimum Gasteiger partial charge on any atom is -0.507 e. The molecule has 2 heteroatoms. The number of aliphatic hydroxyl groups is 1. The quantitative estimate of drug-likeness (QED) is 0.699. The second-order valence-electron chi connectivity index (χ2n) is 3.06. The van der Waals surface area contributed by atoms with Crippen LogP contribution in [0.4, 0.5) is 0 Å². The maximum atomic E-state index is 9.54. The molecule has 0 spiro atoms. The minimum absolute atomic E-state index is 0.0798. The number of phenolic OH excluding ortho intramolecular Hbond substituents is 1. The van der Waals surface area contributed by atoms with Gasteiger partial charge in [-0.1, -0.05) is 17.7 Å². The molecule has 0 fully saturated rings. The molecule has 0 saturated heterocycles. The number of aromatic hydroxyl groups is 1. The molecule has 0 aliphatic heterocycles. The van der Waals surface area contributed by atoms with Gasteiger partial charge in [-0.2, -0.15) is 0 Å². The number of hydrogen-bond donors (Lipinski definition) is 2. The maximum Gasteiger partial charge on any atom is 0.121 e. The van der Waals surface area contributed by atoms with Crippen molar-refractivity contribution in [3.63, 3.8) is 0 Å². The first-order valence-electron chi connectivity index (χ1n) is 4.05. The molecule has 0 aliphatic rings. The Labute approximate surface area is 72.5 Å². The molecule has 1 aromatic carbocycles. The zero-order valence-corrected chi connectivity index (χ0v) is 7.46. The number of rotatable bonds is 2. The Balaban J connectivity index is 3.09. The van der Waals surface area contributed by atoms with Crippen molar-refractivity contribution >= 4 is 0 Å². The SMILES string of the molecule is Cc1cc(C)c(O)c(CCO)c1. The Morgan fingerprint density at radius 3 is 2.50 bits per heavy atom. The molecule has 0 atom stereocenters. The van der Waals surface area contributed by atoms with Crippen molar-refractivity contribution in [1.82, 2.24) is 0 Å². The first-order chi connectivity index (χ1) is 5.65. The summed E-state index contributed by atoms with van der Waals surface area (Å²) in [6.07, 6.45) is 0.522. The van der Waals surface area contributed by atoms with Crippen molar-refractivity contribution < 1.29 is 10.2 Å². The van der Waals surface area contributed by atoms with Crippen LogP contribution in [0.3, 0.4) is 0 Å². The van der Waals surface area contributed by atoms with Gasteiger partial charge in [0.25, 0.3) is 0 Å². The lowest BCUT2D eigenvalue weighted by atomic mass is 10.0. The highest BCUT2D eigenvalue weighted by molar-refractivity contribution is 5.42. The highest BCUT2D eigenvalue weighted by Gasteiger charge is 2.03. The Morgan fingerprint density at radius 2 is 1.92 bits per heavy atom. The van der Waals surface area contributed by atoms with E-state index in [1.165, 1.54) is 0 Å². The van der Waals surface area contributed by atoms with Crippen molar-refractivity contribution in [3.8, 4) is 5.75 Å². The van der Waals surface area contributed by atoms with E-state index in [-0.39, 0.29) is 6.61 Å². The fraction of sp³-hybridized carbons (Fsp3) is 0.400. The molecule has 2 N–H and O–H groups in total. The van der Waals surface area contributed by atoms with Crippen molar-refractivity contribution in [2.45, 2.75) is 20.3 Å². The lowest BCUT2D eigenvalue weighted by molar-refractivity contribution is 0.297. The van der Waals surface area contributed by atoms with Crippen LogP contribution in [0, 0.1) is 13.8 Å². The molecule has 1 aromatic rings. The molecule has 2 nitrogen and oxygen atoms in total. The van der Waals surface area contributed by atoms with Gasteiger partial charge in [0, 0.05) is 6.61 Å². The van der Waals surface area contributed by atoms with Gasteiger partial charge in [-0.05, 0) is 31.4 Å². The van der Waals surface area contributed by atoms with E-state index in [4.69, 9.17) is 5.11 Å². The molecule has 0 saturated carbocycles. The molecule has 0 radical (unpaired) electrons. The molecule has 0 heterocycles. The summed E-state index contributed by atoms with van der Waals surface area (Å²) in [7, 11) is 0. The van der Waals surface area contributed by atoms with Crippen LogP contribution in [0.5, 0.6) is 5.75 Å². The van der Waals surface area contributed by atoms with E-state index >= 15 is 0 Å². The second-order valence-corrected chi connectivity index (χ2v) is 3.06. The van der Waals surface area contributed by atoms with Crippen LogP contribution in [0.25, 0.3) is 0 Å². The monoisotopic (exact) mass is 166 g/mol. The van der Waals surface area contributed by atoms with E-state index in [0.29, 0.717) is 12.2 Å². The predicted molar refractivity (Wildman–Crippen MR) is 48.4 cm³/mol. The zero-order chi connectivity index (χ0) is 9.14. The van der Waals surface area contributed by atoms with E-state index in [9.17, 15) is 5.11 Å². The Morgan fingerprint density at radius 1 is 1.25 bits per heavy atom. The van der Waals surface area contributed by atoms with Gasteiger partial charge in [0.1, 0.15) is 5.75 Å². The summed E-state index contributed by atoms with van der Waals surface area (Å²) in [6, 6.07) is 3.83. The average molecular weight is 166 g/mol. The number of benzene rings is 1. The molecular formula is C10H14O2. The number of hydrogen-bond acceptors (Lipinski definition) is 2. The second kappa shape index (κ2) is 3.59. The van der Waals surface area contributed by atoms with Crippen molar-refractivity contribution in [2.75, 3.05) is 6.61 Å². The van der Waals surface area contributed by atoms with E-state index in [0.717, 1.165) is 16.7 Å². The van der Waals surface area contributed by atoms with E-state index in [1.807, 2.05) is 26.0 Å². The number of phenols is 1. The normalized spacial score (nSPS) is 10.2. The third-order valence-corrected chi connectivity index (χ3v) is 1.90. The van der Waals surface area contributed by atoms with Crippen molar-refractivity contribution in [1.29, 1.82) is 0 Å². The summed E-state index contributed by atoms with van der Waals surface area (Å²) in [6.45, 7) is 3.92. The Hall–Kier alpha value is -1.02. The fourth-order valence-corrected chi connectivity index (χ4v) is 1.36. The van der Waals surface area contributed by atoms with E-state index in [1.54, 1.807) is 0 Å². The van der Waals surface area contributed by atoms with Crippen molar-refractivity contribution in [2.24, 2.45) is 0 Å². The van der Waals surface area contributed by atoms with Crippen LogP contribution in [0.2, 0.25) is 0 Å². The molecule has 0 aliphatic carbocycles. The molecule has 0 unspecified atom stereocenters. The standard InChI is InChI=1S/C10H14O2/c1-7-5-8(2)10(12)9(6-7)3-4-11/h5-6,11-12H,3-4H2,1-2H3. The van der Waals surface area contributed by atoms with Crippen LogP contribution in [0.1, 0.15) is 16.7 Å². The zero-order valence-electron chi connectivity index (χ0n) is 7.46. The van der Waals surface area contributed by atoms with Gasteiger partial charge in [0.2, 0.25) is 0 Å². The van der Waals surface area contributed by atoms with Gasteiger partial charge in [-0.25, -0.2) is 0 Å². The van der Waals surface area contributed by atoms with Gasteiger partial charge >= 0.3 is 0 Å². The fourth-order valence-electron chi connectivity index (χ4n) is 1.36. The predicted octanol–water partition coefficient (Wildman–Crippen LogP) is 1.54. The van der Waals surface area contributed by atoms with Gasteiger partial charge in [-0.3, -0.25) is 0 Å². The van der Waals surface area contributed by atoms with Gasteiger partial charge in [0.15, 0.2) is 0 Å². The van der Waals surface area contributed by atoms with Crippen LogP contribution >= 0.6 is 0 Å². The number of aliphatic hydroxyl groups excluding tert-OH is 1. The summed E-state index contributed by atoms with van der Waals surface area (Å²) in [5.74, 6) is 0.314. The molecule has 1 rings (SSSR count). The Bertz CT molecular complexity index is 279. The minimum atomic E-state index is 0.0798. The van der Waals surface area contributed by atoms with E-state index in [2.05, 4.69) is 0 Å². The lowest BCUT2D eigenvalue weighted by Gasteiger charge is -2.07. The summed E-state index contributed by atoms with van der Waals surface area (Å²) in [4.78, 5) is 0. The van der Waals surface area contributed by atoms with E-state index < -0.39 is 0 Å². The third-order valence-electron chi connectivity index (χ3n) is 1.90. The lowest BCUT2D eigenvalue weighted by Crippen LogP contribution is -1.93. The smallest absolute Gasteiger partial charge is 0.121 e. The molecule has 0 amide bonds. The molecule has 66 valence electrons. The maximum absolute atomic E-state index is 9.54. The molecule has 0 bridgehead atoms. The topological polar surface area (TPSA) is 40.5 Å². The largest absolute Gasteiger partial charge is 0.507 e. The summed E-state index contributed by atoms with van der Waals surface area (Å²) in [5, 5.41) is 18.3. The van der Waals surface area contributed by atoms with Gasteiger partial charge in [-0.15, -0.1) is 0 Å². The first kappa shape index (κ1) is 9.07. The number of aryl methyl sites for hydroxylation is 2. The Kier molecular flexibility index (Phi) is 2.71. The summed E-state index contributed by atoms with van der Waals surface area (Å²) < 4.78 is 0. The molecular weight excluding hydrogens is 152 g/mol. The molecule has 12 heavy (non-hydrogen) atoms. The highest BCUT2D eigenvalue weighted by atomic mass is 16.3. The van der Waals surface area contributed by atoms with Crippen LogP contribution in [-0.4, -0.2) is 16.8 Å². The highest BCUT2D eigenvalue weighted by Crippen LogP contribution is 2.23. The van der Waals surface area contributed by atoms with Crippen LogP contribution in [0.15, 0.2) is 12.1 Å². The first-order valence-corrected chi connectivity index (χ1v) is 4.05. The molecule has 0 aromatic heterocycles. The van der Waals surface area contributed by atoms with Crippen LogP contribution < -0.4 is 0 Å². The summed E-state index contributed by atoms with van der Waals surface area (Å²) in [5.41, 5.74) is 2.82. The van der Waals surface area contributed by atoms with Crippen LogP contribution in [-0.2, 0) is 6.42 Å². The summed E-state index contributed by atoms with van der Waals surface area (Å²) >= 11 is 0. The van der Waals surface area contributed by atoms with Gasteiger partial charge in [0.05, 0.1) is 0 Å².